The minimum atomic E-state index is -0.874. The van der Waals surface area contributed by atoms with E-state index in [0.717, 1.165) is 0 Å². The van der Waals surface area contributed by atoms with Gasteiger partial charge in [0.25, 0.3) is 0 Å². The molecule has 19 heavy (non-hydrogen) atoms. The number of esters is 1. The lowest BCUT2D eigenvalue weighted by atomic mass is 10.0. The van der Waals surface area contributed by atoms with Crippen LogP contribution in [0.4, 0.5) is 10.1 Å². The molecule has 0 aromatic heterocycles. The van der Waals surface area contributed by atoms with E-state index >= 15 is 0 Å². The predicted molar refractivity (Wildman–Crippen MR) is 73.8 cm³/mol. The number of nitrogens with zero attached hydrogens (tertiary/aromatic N) is 1. The fraction of sp³-hybridized carbons (Fsp3) is 0.500. The molecule has 0 saturated carbocycles. The van der Waals surface area contributed by atoms with E-state index in [-0.39, 0.29) is 11.8 Å². The van der Waals surface area contributed by atoms with E-state index in [9.17, 15) is 9.18 Å². The van der Waals surface area contributed by atoms with Crippen molar-refractivity contribution in [1.29, 1.82) is 0 Å². The summed E-state index contributed by atoms with van der Waals surface area (Å²) in [5.41, 5.74) is -0.420. The molecule has 106 valence electrons. The van der Waals surface area contributed by atoms with Crippen LogP contribution in [0, 0.1) is 5.82 Å². The maximum absolute atomic E-state index is 13.7. The zero-order chi connectivity index (χ0) is 14.5. The Kier molecular flexibility index (Phi) is 5.30. The fourth-order valence-corrected chi connectivity index (χ4v) is 2.13. The van der Waals surface area contributed by atoms with Crippen LogP contribution in [0.25, 0.3) is 0 Å². The number of rotatable bonds is 6. The smallest absolute Gasteiger partial charge is 0.327 e. The zero-order valence-electron chi connectivity index (χ0n) is 11.9. The average molecular weight is 268 g/mol. The molecule has 0 aliphatic heterocycles. The van der Waals surface area contributed by atoms with Gasteiger partial charge in [-0.3, -0.25) is 0 Å². The Bertz CT molecular complexity index is 439. The van der Waals surface area contributed by atoms with E-state index in [2.05, 4.69) is 5.32 Å². The molecule has 1 N–H and O–H groups in total. The number of halogens is 1. The summed E-state index contributed by atoms with van der Waals surface area (Å²) in [6, 6.07) is 6.47. The van der Waals surface area contributed by atoms with Gasteiger partial charge in [0.2, 0.25) is 0 Å². The lowest BCUT2D eigenvalue weighted by molar-refractivity contribution is -0.147. The number of ether oxygens (including phenoxy) is 1. The number of benzene rings is 1. The summed E-state index contributed by atoms with van der Waals surface area (Å²) in [7, 11) is 3.10. The number of carbonyl (C=O) groups is 1. The lowest BCUT2D eigenvalue weighted by Gasteiger charge is -2.33. The van der Waals surface area contributed by atoms with E-state index in [1.54, 1.807) is 37.1 Å². The standard InChI is InChI=1S/C14H21FN2O2/c1-5-16-14(2,13(18)19-4)10-17(3)12-9-7-6-8-11(12)15/h6-9,16H,5,10H2,1-4H3. The number of hydrogen-bond acceptors (Lipinski definition) is 4. The van der Waals surface area contributed by atoms with Crippen molar-refractivity contribution < 1.29 is 13.9 Å². The van der Waals surface area contributed by atoms with Gasteiger partial charge in [0, 0.05) is 13.6 Å². The highest BCUT2D eigenvalue weighted by Crippen LogP contribution is 2.20. The maximum atomic E-state index is 13.7. The van der Waals surface area contributed by atoms with Gasteiger partial charge in [-0.25, -0.2) is 9.18 Å². The van der Waals surface area contributed by atoms with Gasteiger partial charge in [-0.2, -0.15) is 0 Å². The molecule has 0 radical (unpaired) electrons. The number of methoxy groups -OCH3 is 1. The molecule has 0 fully saturated rings. The highest BCUT2D eigenvalue weighted by molar-refractivity contribution is 5.81. The van der Waals surface area contributed by atoms with Crippen molar-refractivity contribution in [3.8, 4) is 0 Å². The van der Waals surface area contributed by atoms with Crippen LogP contribution in [0.3, 0.4) is 0 Å². The van der Waals surface area contributed by atoms with Crippen molar-refractivity contribution in [3.63, 3.8) is 0 Å². The molecule has 0 heterocycles. The van der Waals surface area contributed by atoms with E-state index in [1.165, 1.54) is 13.2 Å². The molecule has 0 amide bonds. The minimum absolute atomic E-state index is 0.311. The molecule has 0 spiro atoms. The Morgan fingerprint density at radius 1 is 1.47 bits per heavy atom. The van der Waals surface area contributed by atoms with Crippen LogP contribution in [0.5, 0.6) is 0 Å². The summed E-state index contributed by atoms with van der Waals surface area (Å²) in [4.78, 5) is 13.6. The SMILES string of the molecule is CCNC(C)(CN(C)c1ccccc1F)C(=O)OC. The van der Waals surface area contributed by atoms with Gasteiger partial charge in [-0.15, -0.1) is 0 Å². The van der Waals surface area contributed by atoms with Crippen molar-refractivity contribution >= 4 is 11.7 Å². The molecule has 1 aromatic carbocycles. The predicted octanol–water partition coefficient (Wildman–Crippen LogP) is 1.80. The number of nitrogens with one attached hydrogen (secondary N) is 1. The Hall–Kier alpha value is -1.62. The van der Waals surface area contributed by atoms with Crippen LogP contribution in [-0.2, 0) is 9.53 Å². The molecule has 1 unspecified atom stereocenters. The summed E-state index contributed by atoms with van der Waals surface area (Å²) < 4.78 is 18.5. The zero-order valence-corrected chi connectivity index (χ0v) is 11.9. The van der Waals surface area contributed by atoms with Gasteiger partial charge in [-0.1, -0.05) is 19.1 Å². The molecule has 0 aliphatic carbocycles. The third kappa shape index (κ3) is 3.67. The van der Waals surface area contributed by atoms with Crippen molar-refractivity contribution in [2.45, 2.75) is 19.4 Å². The number of hydrogen-bond donors (Lipinski definition) is 1. The third-order valence-electron chi connectivity index (χ3n) is 3.02. The third-order valence-corrected chi connectivity index (χ3v) is 3.02. The first-order valence-electron chi connectivity index (χ1n) is 6.23. The van der Waals surface area contributed by atoms with Gasteiger partial charge >= 0.3 is 5.97 Å². The first-order valence-corrected chi connectivity index (χ1v) is 6.23. The van der Waals surface area contributed by atoms with E-state index in [1.807, 2.05) is 6.92 Å². The Balaban J connectivity index is 2.91. The van der Waals surface area contributed by atoms with Gasteiger partial charge in [0.15, 0.2) is 0 Å². The topological polar surface area (TPSA) is 41.6 Å². The molecule has 1 atom stereocenters. The fourth-order valence-electron chi connectivity index (χ4n) is 2.13. The van der Waals surface area contributed by atoms with Gasteiger partial charge in [-0.05, 0) is 25.6 Å². The number of para-hydroxylation sites is 1. The molecule has 1 rings (SSSR count). The summed E-state index contributed by atoms with van der Waals surface area (Å²) in [6.45, 7) is 4.59. The van der Waals surface area contributed by atoms with Gasteiger partial charge in [0.05, 0.1) is 12.8 Å². The second-order valence-corrected chi connectivity index (χ2v) is 4.66. The van der Waals surface area contributed by atoms with Crippen molar-refractivity contribution in [1.82, 2.24) is 5.32 Å². The first kappa shape index (κ1) is 15.4. The Labute approximate surface area is 113 Å². The highest BCUT2D eigenvalue weighted by atomic mass is 19.1. The molecule has 0 bridgehead atoms. The van der Waals surface area contributed by atoms with Crippen LogP contribution < -0.4 is 10.2 Å². The van der Waals surface area contributed by atoms with Crippen LogP contribution in [0.2, 0.25) is 0 Å². The normalized spacial score (nSPS) is 13.7. The molecule has 1 aromatic rings. The molecular formula is C14H21FN2O2. The Morgan fingerprint density at radius 3 is 2.63 bits per heavy atom. The quantitative estimate of drug-likeness (QED) is 0.799. The van der Waals surface area contributed by atoms with Crippen LogP contribution in [-0.4, -0.2) is 38.8 Å². The second kappa shape index (κ2) is 6.52. The number of anilines is 1. The summed E-state index contributed by atoms with van der Waals surface area (Å²) in [5, 5.41) is 3.09. The second-order valence-electron chi connectivity index (χ2n) is 4.66. The number of carbonyl (C=O) groups excluding carboxylic acids is 1. The van der Waals surface area contributed by atoms with Gasteiger partial charge < -0.3 is 15.0 Å². The van der Waals surface area contributed by atoms with Crippen molar-refractivity contribution in [2.24, 2.45) is 0 Å². The summed E-state index contributed by atoms with van der Waals surface area (Å²) >= 11 is 0. The largest absolute Gasteiger partial charge is 0.468 e. The van der Waals surface area contributed by atoms with Crippen LogP contribution >= 0.6 is 0 Å². The van der Waals surface area contributed by atoms with Crippen LogP contribution in [0.1, 0.15) is 13.8 Å². The van der Waals surface area contributed by atoms with E-state index in [4.69, 9.17) is 4.74 Å². The Morgan fingerprint density at radius 2 is 2.11 bits per heavy atom. The van der Waals surface area contributed by atoms with Crippen molar-refractivity contribution in [2.75, 3.05) is 32.1 Å². The average Bonchev–Trinajstić information content (AvgIpc) is 2.38. The maximum Gasteiger partial charge on any atom is 0.327 e. The van der Waals surface area contributed by atoms with E-state index < -0.39 is 5.54 Å². The summed E-state index contributed by atoms with van der Waals surface area (Å²) in [6.07, 6.45) is 0. The molecular weight excluding hydrogens is 247 g/mol. The first-order chi connectivity index (χ1) is 8.94. The van der Waals surface area contributed by atoms with Gasteiger partial charge in [0.1, 0.15) is 11.4 Å². The van der Waals surface area contributed by atoms with Crippen LogP contribution in [0.15, 0.2) is 24.3 Å². The molecule has 5 heteroatoms. The molecule has 0 saturated heterocycles. The number of likely N-dealkylation sites (N-methyl/N-ethyl adjacent to an activating group) is 2. The molecule has 0 aliphatic rings. The van der Waals surface area contributed by atoms with E-state index in [0.29, 0.717) is 18.8 Å². The summed E-state index contributed by atoms with van der Waals surface area (Å²) in [5.74, 6) is -0.675. The monoisotopic (exact) mass is 268 g/mol. The lowest BCUT2D eigenvalue weighted by Crippen LogP contribution is -2.57. The van der Waals surface area contributed by atoms with Crippen molar-refractivity contribution in [3.05, 3.63) is 30.1 Å². The molecule has 4 nitrogen and oxygen atoms in total. The highest BCUT2D eigenvalue weighted by Gasteiger charge is 2.35. The minimum Gasteiger partial charge on any atom is -0.468 e.